The zero-order valence-corrected chi connectivity index (χ0v) is 10.9. The van der Waals surface area contributed by atoms with E-state index in [-0.39, 0.29) is 12.2 Å². The standard InChI is InChI=1S/C12H21NO4/c1-9-5-10(16-8-14)7-13(6-9)11(15)17-12(2,3)4/h8-10H,5-7H2,1-4H3/t9?,10-/m1/s1. The van der Waals surface area contributed by atoms with E-state index in [9.17, 15) is 9.59 Å². The molecule has 1 aliphatic rings. The van der Waals surface area contributed by atoms with Gasteiger partial charge in [0.05, 0.1) is 6.54 Å². The fourth-order valence-electron chi connectivity index (χ4n) is 1.95. The maximum absolute atomic E-state index is 11.9. The van der Waals surface area contributed by atoms with Gasteiger partial charge in [-0.2, -0.15) is 0 Å². The minimum atomic E-state index is -0.501. The van der Waals surface area contributed by atoms with Crippen LogP contribution < -0.4 is 0 Å². The average Bonchev–Trinajstić information content (AvgIpc) is 2.14. The average molecular weight is 243 g/mol. The van der Waals surface area contributed by atoms with Gasteiger partial charge in [-0.1, -0.05) is 6.92 Å². The van der Waals surface area contributed by atoms with Gasteiger partial charge in [0.25, 0.3) is 6.47 Å². The summed E-state index contributed by atoms with van der Waals surface area (Å²) < 4.78 is 10.2. The molecule has 0 bridgehead atoms. The molecule has 5 heteroatoms. The molecule has 1 fully saturated rings. The molecule has 0 aromatic rings. The van der Waals surface area contributed by atoms with Crippen molar-refractivity contribution in [2.24, 2.45) is 5.92 Å². The Morgan fingerprint density at radius 2 is 2.00 bits per heavy atom. The maximum Gasteiger partial charge on any atom is 0.410 e. The SMILES string of the molecule is CC1C[C@@H](OC=O)CN(C(=O)OC(C)(C)C)C1. The zero-order valence-electron chi connectivity index (χ0n) is 10.9. The quantitative estimate of drug-likeness (QED) is 0.694. The lowest BCUT2D eigenvalue weighted by atomic mass is 9.98. The van der Waals surface area contributed by atoms with Gasteiger partial charge in [-0.15, -0.1) is 0 Å². The summed E-state index contributed by atoms with van der Waals surface area (Å²) in [5.74, 6) is 0.307. The van der Waals surface area contributed by atoms with Crippen molar-refractivity contribution >= 4 is 12.6 Å². The molecule has 0 aromatic carbocycles. The van der Waals surface area contributed by atoms with Crippen LogP contribution in [0.15, 0.2) is 0 Å². The highest BCUT2D eigenvalue weighted by atomic mass is 16.6. The maximum atomic E-state index is 11.9. The number of likely N-dealkylation sites (tertiary alicyclic amines) is 1. The van der Waals surface area contributed by atoms with Crippen LogP contribution in [-0.2, 0) is 14.3 Å². The predicted molar refractivity (Wildman–Crippen MR) is 62.5 cm³/mol. The first kappa shape index (κ1) is 13.8. The monoisotopic (exact) mass is 243 g/mol. The molecule has 0 aliphatic carbocycles. The number of piperidine rings is 1. The normalized spacial score (nSPS) is 25.3. The van der Waals surface area contributed by atoms with Gasteiger partial charge >= 0.3 is 6.09 Å². The molecule has 17 heavy (non-hydrogen) atoms. The third-order valence-electron chi connectivity index (χ3n) is 2.52. The number of carbonyl (C=O) groups is 2. The first-order chi connectivity index (χ1) is 7.81. The van der Waals surface area contributed by atoms with Crippen molar-refractivity contribution in [1.82, 2.24) is 4.90 Å². The first-order valence-electron chi connectivity index (χ1n) is 5.89. The van der Waals surface area contributed by atoms with Crippen molar-refractivity contribution in [3.63, 3.8) is 0 Å². The number of rotatable bonds is 2. The molecule has 0 radical (unpaired) electrons. The van der Waals surface area contributed by atoms with Crippen LogP contribution in [0.4, 0.5) is 4.79 Å². The Balaban J connectivity index is 2.57. The molecular formula is C12H21NO4. The summed E-state index contributed by atoms with van der Waals surface area (Å²) in [5, 5.41) is 0. The molecule has 2 atom stereocenters. The molecule has 0 saturated carbocycles. The van der Waals surface area contributed by atoms with Crippen molar-refractivity contribution in [3.05, 3.63) is 0 Å². The summed E-state index contributed by atoms with van der Waals surface area (Å²) >= 11 is 0. The van der Waals surface area contributed by atoms with Crippen molar-refractivity contribution in [2.45, 2.75) is 45.8 Å². The predicted octanol–water partition coefficient (Wildman–Crippen LogP) is 1.80. The van der Waals surface area contributed by atoms with Gasteiger partial charge in [-0.25, -0.2) is 4.79 Å². The van der Waals surface area contributed by atoms with Gasteiger partial charge in [-0.3, -0.25) is 4.79 Å². The molecule has 0 N–H and O–H groups in total. The Kier molecular flexibility index (Phi) is 4.37. The largest absolute Gasteiger partial charge is 0.463 e. The number of amides is 1. The number of hydrogen-bond acceptors (Lipinski definition) is 4. The van der Waals surface area contributed by atoms with E-state index >= 15 is 0 Å². The van der Waals surface area contributed by atoms with E-state index in [0.29, 0.717) is 25.5 Å². The van der Waals surface area contributed by atoms with E-state index in [1.807, 2.05) is 27.7 Å². The third kappa shape index (κ3) is 4.63. The second-order valence-corrected chi connectivity index (χ2v) is 5.58. The van der Waals surface area contributed by atoms with E-state index in [2.05, 4.69) is 0 Å². The zero-order chi connectivity index (χ0) is 13.1. The Bertz CT molecular complexity index is 285. The summed E-state index contributed by atoms with van der Waals surface area (Å²) in [6.45, 7) is 9.02. The van der Waals surface area contributed by atoms with E-state index in [4.69, 9.17) is 9.47 Å². The second kappa shape index (κ2) is 5.38. The van der Waals surface area contributed by atoms with Crippen LogP contribution in [0.1, 0.15) is 34.1 Å². The molecule has 5 nitrogen and oxygen atoms in total. The molecule has 1 unspecified atom stereocenters. The minimum Gasteiger partial charge on any atom is -0.463 e. The summed E-state index contributed by atoms with van der Waals surface area (Å²) in [4.78, 5) is 23.8. The van der Waals surface area contributed by atoms with Crippen molar-refractivity contribution < 1.29 is 19.1 Å². The number of carbonyl (C=O) groups excluding carboxylic acids is 2. The molecule has 1 amide bonds. The van der Waals surface area contributed by atoms with Gasteiger partial charge in [0.1, 0.15) is 11.7 Å². The van der Waals surface area contributed by atoms with Gasteiger partial charge in [0, 0.05) is 6.54 Å². The Hall–Kier alpha value is -1.26. The van der Waals surface area contributed by atoms with Gasteiger partial charge in [0.2, 0.25) is 0 Å². The third-order valence-corrected chi connectivity index (χ3v) is 2.52. The van der Waals surface area contributed by atoms with Crippen molar-refractivity contribution in [2.75, 3.05) is 13.1 Å². The highest BCUT2D eigenvalue weighted by Gasteiger charge is 2.31. The summed E-state index contributed by atoms with van der Waals surface area (Å²) in [6, 6.07) is 0. The highest BCUT2D eigenvalue weighted by molar-refractivity contribution is 5.68. The number of nitrogens with zero attached hydrogens (tertiary/aromatic N) is 1. The fourth-order valence-corrected chi connectivity index (χ4v) is 1.95. The summed E-state index contributed by atoms with van der Waals surface area (Å²) in [7, 11) is 0. The van der Waals surface area contributed by atoms with Gasteiger partial charge < -0.3 is 14.4 Å². The Labute approximate surface area is 102 Å². The van der Waals surface area contributed by atoms with E-state index in [1.54, 1.807) is 4.90 Å². The van der Waals surface area contributed by atoms with E-state index in [0.717, 1.165) is 6.42 Å². The Morgan fingerprint density at radius 3 is 2.53 bits per heavy atom. The van der Waals surface area contributed by atoms with Crippen LogP contribution in [0.2, 0.25) is 0 Å². The Morgan fingerprint density at radius 1 is 1.35 bits per heavy atom. The topological polar surface area (TPSA) is 55.8 Å². The molecule has 1 saturated heterocycles. The van der Waals surface area contributed by atoms with Crippen LogP contribution in [0.5, 0.6) is 0 Å². The first-order valence-corrected chi connectivity index (χ1v) is 5.89. The molecule has 98 valence electrons. The molecule has 1 rings (SSSR count). The van der Waals surface area contributed by atoms with Crippen LogP contribution in [-0.4, -0.2) is 42.3 Å². The molecule has 0 aromatic heterocycles. The summed E-state index contributed by atoms with van der Waals surface area (Å²) in [5.41, 5.74) is -0.501. The van der Waals surface area contributed by atoms with E-state index < -0.39 is 5.60 Å². The molecule has 1 heterocycles. The van der Waals surface area contributed by atoms with Crippen LogP contribution in [0, 0.1) is 5.92 Å². The number of hydrogen-bond donors (Lipinski definition) is 0. The van der Waals surface area contributed by atoms with Gasteiger partial charge in [0.15, 0.2) is 0 Å². The lowest BCUT2D eigenvalue weighted by Gasteiger charge is -2.36. The van der Waals surface area contributed by atoms with Gasteiger partial charge in [-0.05, 0) is 33.1 Å². The van der Waals surface area contributed by atoms with Crippen LogP contribution in [0.25, 0.3) is 0 Å². The molecular weight excluding hydrogens is 222 g/mol. The summed E-state index contributed by atoms with van der Waals surface area (Å²) in [6.07, 6.45) is 0.227. The molecule has 1 aliphatic heterocycles. The lowest BCUT2D eigenvalue weighted by Crippen LogP contribution is -2.48. The highest BCUT2D eigenvalue weighted by Crippen LogP contribution is 2.20. The van der Waals surface area contributed by atoms with Crippen molar-refractivity contribution in [3.8, 4) is 0 Å². The van der Waals surface area contributed by atoms with Crippen molar-refractivity contribution in [1.29, 1.82) is 0 Å². The fraction of sp³-hybridized carbons (Fsp3) is 0.833. The van der Waals surface area contributed by atoms with E-state index in [1.165, 1.54) is 0 Å². The minimum absolute atomic E-state index is 0.219. The molecule has 0 spiro atoms. The second-order valence-electron chi connectivity index (χ2n) is 5.58. The lowest BCUT2D eigenvalue weighted by molar-refractivity contribution is -0.136. The smallest absolute Gasteiger partial charge is 0.410 e. The van der Waals surface area contributed by atoms with Crippen LogP contribution >= 0.6 is 0 Å². The van der Waals surface area contributed by atoms with Crippen LogP contribution in [0.3, 0.4) is 0 Å². The number of ether oxygens (including phenoxy) is 2.